The Morgan fingerprint density at radius 2 is 1.59 bits per heavy atom. The molecule has 2 aromatic carbocycles. The van der Waals surface area contributed by atoms with Gasteiger partial charge < -0.3 is 10.2 Å². The van der Waals surface area contributed by atoms with Gasteiger partial charge >= 0.3 is 5.97 Å². The Balaban J connectivity index is 1.92. The summed E-state index contributed by atoms with van der Waals surface area (Å²) in [5.74, 6) is -2.46. The second kappa shape index (κ2) is 5.00. The van der Waals surface area contributed by atoms with Gasteiger partial charge in [-0.15, -0.1) is 0 Å². The van der Waals surface area contributed by atoms with Crippen molar-refractivity contribution in [2.75, 3.05) is 0 Å². The van der Waals surface area contributed by atoms with Crippen molar-refractivity contribution >= 4 is 17.8 Å². The molecule has 0 aliphatic carbocycles. The van der Waals surface area contributed by atoms with Gasteiger partial charge in [0, 0.05) is 0 Å². The maximum absolute atomic E-state index is 12.2. The summed E-state index contributed by atoms with van der Waals surface area (Å²) in [5.41, 5.74) is 0.855. The molecule has 110 valence electrons. The molecule has 0 bridgehead atoms. The number of imide groups is 1. The van der Waals surface area contributed by atoms with Crippen LogP contribution in [0.1, 0.15) is 36.6 Å². The Kier molecular flexibility index (Phi) is 3.14. The summed E-state index contributed by atoms with van der Waals surface area (Å²) in [7, 11) is 0. The average Bonchev–Trinajstić information content (AvgIpc) is 2.74. The van der Waals surface area contributed by atoms with Crippen molar-refractivity contribution in [3.63, 3.8) is 0 Å². The summed E-state index contributed by atoms with van der Waals surface area (Å²) in [6.07, 6.45) is 0. The summed E-state index contributed by atoms with van der Waals surface area (Å²) < 4.78 is 0. The van der Waals surface area contributed by atoms with Gasteiger partial charge in [-0.3, -0.25) is 14.5 Å². The van der Waals surface area contributed by atoms with Crippen molar-refractivity contribution in [1.29, 1.82) is 0 Å². The van der Waals surface area contributed by atoms with E-state index in [0.717, 1.165) is 4.90 Å². The van der Waals surface area contributed by atoms with Crippen LogP contribution >= 0.6 is 0 Å². The highest BCUT2D eigenvalue weighted by molar-refractivity contribution is 6.21. The van der Waals surface area contributed by atoms with Crippen LogP contribution < -0.4 is 0 Å². The van der Waals surface area contributed by atoms with E-state index >= 15 is 0 Å². The molecule has 0 radical (unpaired) electrons. The van der Waals surface area contributed by atoms with Gasteiger partial charge in [-0.1, -0.05) is 18.2 Å². The Bertz CT molecular complexity index is 777. The van der Waals surface area contributed by atoms with Crippen LogP contribution in [0.15, 0.2) is 42.5 Å². The van der Waals surface area contributed by atoms with Gasteiger partial charge in [-0.05, 0) is 29.8 Å². The molecule has 6 heteroatoms. The van der Waals surface area contributed by atoms with Crippen LogP contribution in [0.4, 0.5) is 0 Å². The molecule has 1 heterocycles. The number of carbonyl (C=O) groups is 3. The number of aromatic carboxylic acids is 1. The molecule has 6 nitrogen and oxygen atoms in total. The fourth-order valence-corrected chi connectivity index (χ4v) is 2.42. The maximum atomic E-state index is 12.2. The van der Waals surface area contributed by atoms with E-state index in [-0.39, 0.29) is 17.9 Å². The smallest absolute Gasteiger partial charge is 0.339 e. The maximum Gasteiger partial charge on any atom is 0.339 e. The van der Waals surface area contributed by atoms with Crippen molar-refractivity contribution < 1.29 is 24.6 Å². The molecule has 22 heavy (non-hydrogen) atoms. The number of carboxylic acids is 1. The van der Waals surface area contributed by atoms with E-state index in [0.29, 0.717) is 16.7 Å². The standard InChI is InChI=1S/C16H11NO5/c18-13-6-5-9(7-12(13)16(21)22)8-17-14(19)10-3-1-2-4-11(10)15(17)20/h1-7,18H,8H2,(H,21,22). The zero-order valence-corrected chi connectivity index (χ0v) is 11.3. The molecule has 0 saturated carbocycles. The van der Waals surface area contributed by atoms with Crippen LogP contribution in [0.3, 0.4) is 0 Å². The fraction of sp³-hybridized carbons (Fsp3) is 0.0625. The molecule has 0 saturated heterocycles. The summed E-state index contributed by atoms with van der Waals surface area (Å²) in [6, 6.07) is 10.5. The number of carbonyl (C=O) groups excluding carboxylic acids is 2. The third-order valence-corrected chi connectivity index (χ3v) is 3.51. The van der Waals surface area contributed by atoms with E-state index in [1.165, 1.54) is 18.2 Å². The summed E-state index contributed by atoms with van der Waals surface area (Å²) in [5, 5.41) is 18.5. The fourth-order valence-electron chi connectivity index (χ4n) is 2.42. The topological polar surface area (TPSA) is 94.9 Å². The third-order valence-electron chi connectivity index (χ3n) is 3.51. The van der Waals surface area contributed by atoms with E-state index in [1.807, 2.05) is 0 Å². The number of fused-ring (bicyclic) bond motifs is 1. The van der Waals surface area contributed by atoms with Gasteiger partial charge in [0.1, 0.15) is 11.3 Å². The lowest BCUT2D eigenvalue weighted by Gasteiger charge is -2.14. The Morgan fingerprint density at radius 1 is 1.00 bits per heavy atom. The number of rotatable bonds is 3. The minimum absolute atomic E-state index is 0.0487. The predicted octanol–water partition coefficient (Wildman–Crippen LogP) is 1.89. The number of amides is 2. The predicted molar refractivity (Wildman–Crippen MR) is 75.7 cm³/mol. The monoisotopic (exact) mass is 297 g/mol. The zero-order chi connectivity index (χ0) is 15.9. The molecule has 3 rings (SSSR count). The molecule has 0 fully saturated rings. The van der Waals surface area contributed by atoms with Crippen molar-refractivity contribution in [2.24, 2.45) is 0 Å². The quantitative estimate of drug-likeness (QED) is 0.843. The summed E-state index contributed by atoms with van der Waals surface area (Å²) in [4.78, 5) is 36.5. The lowest BCUT2D eigenvalue weighted by Crippen LogP contribution is -2.29. The first kappa shape index (κ1) is 13.8. The van der Waals surface area contributed by atoms with Crippen LogP contribution in [-0.2, 0) is 6.54 Å². The third kappa shape index (κ3) is 2.10. The summed E-state index contributed by atoms with van der Waals surface area (Å²) >= 11 is 0. The van der Waals surface area contributed by atoms with Crippen LogP contribution in [0.25, 0.3) is 0 Å². The Labute approximate surface area is 125 Å². The molecule has 0 spiro atoms. The van der Waals surface area contributed by atoms with Crippen LogP contribution in [0, 0.1) is 0 Å². The van der Waals surface area contributed by atoms with Crippen molar-refractivity contribution in [1.82, 2.24) is 4.90 Å². The molecular weight excluding hydrogens is 286 g/mol. The van der Waals surface area contributed by atoms with Crippen LogP contribution in [0.5, 0.6) is 5.75 Å². The second-order valence-electron chi connectivity index (χ2n) is 4.90. The number of nitrogens with zero attached hydrogens (tertiary/aromatic N) is 1. The molecule has 2 N–H and O–H groups in total. The summed E-state index contributed by atoms with van der Waals surface area (Å²) in [6.45, 7) is -0.0487. The molecule has 0 unspecified atom stereocenters. The lowest BCUT2D eigenvalue weighted by atomic mass is 10.1. The molecule has 1 aliphatic heterocycles. The zero-order valence-electron chi connectivity index (χ0n) is 11.3. The Morgan fingerprint density at radius 3 is 2.14 bits per heavy atom. The number of carboxylic acid groups (broad SMARTS) is 1. The molecule has 1 aliphatic rings. The molecule has 0 atom stereocenters. The largest absolute Gasteiger partial charge is 0.507 e. The van der Waals surface area contributed by atoms with Crippen molar-refractivity contribution in [3.8, 4) is 5.75 Å². The first-order valence-electron chi connectivity index (χ1n) is 6.49. The van der Waals surface area contributed by atoms with E-state index < -0.39 is 17.8 Å². The van der Waals surface area contributed by atoms with E-state index in [2.05, 4.69) is 0 Å². The molecule has 2 aromatic rings. The van der Waals surface area contributed by atoms with Gasteiger partial charge in [0.05, 0.1) is 17.7 Å². The molecular formula is C16H11NO5. The first-order valence-corrected chi connectivity index (χ1v) is 6.49. The Hall–Kier alpha value is -3.15. The van der Waals surface area contributed by atoms with Gasteiger partial charge in [-0.25, -0.2) is 4.79 Å². The minimum Gasteiger partial charge on any atom is -0.507 e. The van der Waals surface area contributed by atoms with Gasteiger partial charge in [0.25, 0.3) is 11.8 Å². The van der Waals surface area contributed by atoms with Gasteiger partial charge in [-0.2, -0.15) is 0 Å². The lowest BCUT2D eigenvalue weighted by molar-refractivity contribution is 0.0641. The minimum atomic E-state index is -1.28. The van der Waals surface area contributed by atoms with E-state index in [1.54, 1.807) is 24.3 Å². The van der Waals surface area contributed by atoms with Crippen LogP contribution in [-0.4, -0.2) is 32.9 Å². The van der Waals surface area contributed by atoms with Crippen LogP contribution in [0.2, 0.25) is 0 Å². The normalized spacial score (nSPS) is 13.4. The average molecular weight is 297 g/mol. The number of hydrogen-bond donors (Lipinski definition) is 2. The van der Waals surface area contributed by atoms with Crippen molar-refractivity contribution in [2.45, 2.75) is 6.54 Å². The highest BCUT2D eigenvalue weighted by Gasteiger charge is 2.35. The second-order valence-corrected chi connectivity index (χ2v) is 4.90. The van der Waals surface area contributed by atoms with E-state index in [4.69, 9.17) is 5.11 Å². The van der Waals surface area contributed by atoms with Gasteiger partial charge in [0.15, 0.2) is 0 Å². The number of aromatic hydroxyl groups is 1. The first-order chi connectivity index (χ1) is 10.5. The number of phenols is 1. The molecule has 2 amide bonds. The number of benzene rings is 2. The number of hydrogen-bond acceptors (Lipinski definition) is 4. The highest BCUT2D eigenvalue weighted by atomic mass is 16.4. The van der Waals surface area contributed by atoms with Crippen molar-refractivity contribution in [3.05, 3.63) is 64.7 Å². The molecule has 0 aromatic heterocycles. The highest BCUT2D eigenvalue weighted by Crippen LogP contribution is 2.25. The van der Waals surface area contributed by atoms with E-state index in [9.17, 15) is 19.5 Å². The SMILES string of the molecule is O=C(O)c1cc(CN2C(=O)c3ccccc3C2=O)ccc1O. The van der Waals surface area contributed by atoms with Gasteiger partial charge in [0.2, 0.25) is 0 Å².